The number of benzene rings is 1. The molecule has 3 atom stereocenters. The van der Waals surface area contributed by atoms with Crippen LogP contribution in [0.4, 0.5) is 5.69 Å². The minimum absolute atomic E-state index is 0.0296. The van der Waals surface area contributed by atoms with Gasteiger partial charge in [0, 0.05) is 10.1 Å². The fourth-order valence-electron chi connectivity index (χ4n) is 3.60. The predicted octanol–water partition coefficient (Wildman–Crippen LogP) is 3.68. The van der Waals surface area contributed by atoms with Crippen LogP contribution in [-0.4, -0.2) is 22.4 Å². The van der Waals surface area contributed by atoms with Crippen molar-refractivity contribution in [3.8, 4) is 0 Å². The van der Waals surface area contributed by atoms with Gasteiger partial charge in [-0.3, -0.25) is 4.79 Å². The summed E-state index contributed by atoms with van der Waals surface area (Å²) < 4.78 is 0. The number of carbonyl (C=O) groups is 1. The molecule has 0 unspecified atom stereocenters. The van der Waals surface area contributed by atoms with E-state index in [0.717, 1.165) is 10.6 Å². The molecular formula is C17H23NO2S. The number of nitrogens with one attached hydrogen (secondary N) is 1. The van der Waals surface area contributed by atoms with Crippen LogP contribution < -0.4 is 5.32 Å². The van der Waals surface area contributed by atoms with Gasteiger partial charge in [-0.15, -0.1) is 11.8 Å². The Bertz CT molecular complexity index is 511. The number of hydrogen-bond donors (Lipinski definition) is 2. The second-order valence-corrected chi connectivity index (χ2v) is 7.45. The SMILES string of the molecule is C[C@@H](O)[C@@H]1C(=O)Nc2ccccc2S[C@@H]1C1CCCCC1. The summed E-state index contributed by atoms with van der Waals surface area (Å²) in [6.07, 6.45) is 5.54. The van der Waals surface area contributed by atoms with Gasteiger partial charge < -0.3 is 10.4 Å². The van der Waals surface area contributed by atoms with E-state index in [-0.39, 0.29) is 17.1 Å². The van der Waals surface area contributed by atoms with Crippen molar-refractivity contribution in [2.75, 3.05) is 5.32 Å². The van der Waals surface area contributed by atoms with Gasteiger partial charge in [0.25, 0.3) is 0 Å². The minimum atomic E-state index is -0.612. The van der Waals surface area contributed by atoms with Crippen LogP contribution in [0.1, 0.15) is 39.0 Å². The van der Waals surface area contributed by atoms with E-state index in [9.17, 15) is 9.90 Å². The van der Waals surface area contributed by atoms with Crippen LogP contribution in [0.3, 0.4) is 0 Å². The Balaban J connectivity index is 1.94. The topological polar surface area (TPSA) is 49.3 Å². The molecule has 114 valence electrons. The number of amides is 1. The summed E-state index contributed by atoms with van der Waals surface area (Å²) in [6.45, 7) is 1.75. The number of hydrogen-bond acceptors (Lipinski definition) is 3. The summed E-state index contributed by atoms with van der Waals surface area (Å²) in [4.78, 5) is 13.7. The Labute approximate surface area is 130 Å². The molecule has 21 heavy (non-hydrogen) atoms. The van der Waals surface area contributed by atoms with Gasteiger partial charge in [-0.1, -0.05) is 31.4 Å². The van der Waals surface area contributed by atoms with Gasteiger partial charge in [-0.25, -0.2) is 0 Å². The zero-order valence-corrected chi connectivity index (χ0v) is 13.2. The highest BCUT2D eigenvalue weighted by atomic mass is 32.2. The largest absolute Gasteiger partial charge is 0.393 e. The fraction of sp³-hybridized carbons (Fsp3) is 0.588. The van der Waals surface area contributed by atoms with Crippen LogP contribution in [0, 0.1) is 11.8 Å². The van der Waals surface area contributed by atoms with E-state index in [1.165, 1.54) is 32.1 Å². The number of anilines is 1. The van der Waals surface area contributed by atoms with Crippen LogP contribution in [0.2, 0.25) is 0 Å². The molecule has 1 aliphatic carbocycles. The Hall–Kier alpha value is -1.00. The molecule has 2 aliphatic rings. The molecule has 1 heterocycles. The van der Waals surface area contributed by atoms with Crippen LogP contribution in [0.15, 0.2) is 29.2 Å². The Morgan fingerprint density at radius 2 is 1.95 bits per heavy atom. The predicted molar refractivity (Wildman–Crippen MR) is 86.5 cm³/mol. The third kappa shape index (κ3) is 3.11. The first-order valence-electron chi connectivity index (χ1n) is 7.91. The van der Waals surface area contributed by atoms with Crippen molar-refractivity contribution in [3.63, 3.8) is 0 Å². The number of aliphatic hydroxyl groups is 1. The van der Waals surface area contributed by atoms with E-state index in [2.05, 4.69) is 11.4 Å². The average Bonchev–Trinajstić information content (AvgIpc) is 2.63. The zero-order valence-electron chi connectivity index (χ0n) is 12.4. The number of rotatable bonds is 2. The van der Waals surface area contributed by atoms with Crippen molar-refractivity contribution in [2.24, 2.45) is 11.8 Å². The van der Waals surface area contributed by atoms with Gasteiger partial charge in [0.15, 0.2) is 0 Å². The first kappa shape index (κ1) is 14.9. The number of carbonyl (C=O) groups excluding carboxylic acids is 1. The van der Waals surface area contributed by atoms with Crippen molar-refractivity contribution < 1.29 is 9.90 Å². The van der Waals surface area contributed by atoms with Crippen molar-refractivity contribution >= 4 is 23.4 Å². The molecule has 3 nitrogen and oxygen atoms in total. The standard InChI is InChI=1S/C17H23NO2S/c1-11(19)15-16(12-7-3-2-4-8-12)21-14-10-6-5-9-13(14)18-17(15)20/h5-6,9-12,15-16,19H,2-4,7-8H2,1H3,(H,18,20)/t11-,15+,16-/m1/s1. The molecule has 0 aromatic heterocycles. The van der Waals surface area contributed by atoms with E-state index in [1.54, 1.807) is 18.7 Å². The second kappa shape index (κ2) is 6.41. The number of thioether (sulfide) groups is 1. The molecule has 1 aliphatic heterocycles. The van der Waals surface area contributed by atoms with Gasteiger partial charge in [0.2, 0.25) is 5.91 Å². The third-order valence-corrected chi connectivity index (χ3v) is 6.26. The summed E-state index contributed by atoms with van der Waals surface area (Å²) >= 11 is 1.78. The van der Waals surface area contributed by atoms with Crippen LogP contribution in [0.25, 0.3) is 0 Å². The minimum Gasteiger partial charge on any atom is -0.393 e. The molecule has 0 saturated heterocycles. The summed E-state index contributed by atoms with van der Waals surface area (Å²) in [5.74, 6) is 0.170. The lowest BCUT2D eigenvalue weighted by Crippen LogP contribution is -2.41. The molecule has 0 spiro atoms. The maximum atomic E-state index is 12.6. The first-order valence-corrected chi connectivity index (χ1v) is 8.79. The molecule has 1 fully saturated rings. The molecule has 1 aromatic rings. The van der Waals surface area contributed by atoms with Gasteiger partial charge >= 0.3 is 0 Å². The molecule has 0 radical (unpaired) electrons. The number of fused-ring (bicyclic) bond motifs is 1. The van der Waals surface area contributed by atoms with Crippen LogP contribution in [0.5, 0.6) is 0 Å². The Kier molecular flexibility index (Phi) is 4.55. The van der Waals surface area contributed by atoms with Crippen molar-refractivity contribution in [1.82, 2.24) is 0 Å². The van der Waals surface area contributed by atoms with E-state index in [4.69, 9.17) is 0 Å². The average molecular weight is 305 g/mol. The van der Waals surface area contributed by atoms with E-state index in [0.29, 0.717) is 5.92 Å². The summed E-state index contributed by atoms with van der Waals surface area (Å²) in [7, 11) is 0. The van der Waals surface area contributed by atoms with Gasteiger partial charge in [-0.05, 0) is 37.8 Å². The van der Waals surface area contributed by atoms with Gasteiger partial charge in [0.05, 0.1) is 17.7 Å². The summed E-state index contributed by atoms with van der Waals surface area (Å²) in [6, 6.07) is 7.97. The van der Waals surface area contributed by atoms with E-state index >= 15 is 0 Å². The lowest BCUT2D eigenvalue weighted by atomic mass is 9.80. The monoisotopic (exact) mass is 305 g/mol. The van der Waals surface area contributed by atoms with Crippen molar-refractivity contribution in [3.05, 3.63) is 24.3 Å². The summed E-state index contributed by atoms with van der Waals surface area (Å²) in [5, 5.41) is 13.4. The molecule has 4 heteroatoms. The molecule has 1 aromatic carbocycles. The zero-order chi connectivity index (χ0) is 14.8. The molecule has 1 amide bonds. The van der Waals surface area contributed by atoms with Crippen molar-refractivity contribution in [1.29, 1.82) is 0 Å². The second-order valence-electron chi connectivity index (χ2n) is 6.23. The normalized spacial score (nSPS) is 28.4. The molecule has 2 N–H and O–H groups in total. The maximum absolute atomic E-state index is 12.6. The first-order chi connectivity index (χ1) is 10.2. The molecule has 0 bridgehead atoms. The van der Waals surface area contributed by atoms with E-state index < -0.39 is 6.10 Å². The van der Waals surface area contributed by atoms with Crippen LogP contribution >= 0.6 is 11.8 Å². The third-order valence-electron chi connectivity index (χ3n) is 4.70. The van der Waals surface area contributed by atoms with Gasteiger partial charge in [-0.2, -0.15) is 0 Å². The molecule has 3 rings (SSSR count). The highest BCUT2D eigenvalue weighted by molar-refractivity contribution is 8.00. The van der Waals surface area contributed by atoms with Crippen molar-refractivity contribution in [2.45, 2.75) is 55.3 Å². The van der Waals surface area contributed by atoms with Gasteiger partial charge in [0.1, 0.15) is 0 Å². The number of para-hydroxylation sites is 1. The quantitative estimate of drug-likeness (QED) is 0.876. The van der Waals surface area contributed by atoms with Crippen LogP contribution in [-0.2, 0) is 4.79 Å². The highest BCUT2D eigenvalue weighted by Crippen LogP contribution is 2.45. The Morgan fingerprint density at radius 1 is 1.24 bits per heavy atom. The summed E-state index contributed by atoms with van der Waals surface area (Å²) in [5.41, 5.74) is 0.886. The Morgan fingerprint density at radius 3 is 2.67 bits per heavy atom. The fourth-order valence-corrected chi connectivity index (χ4v) is 5.26. The van der Waals surface area contributed by atoms with E-state index in [1.807, 2.05) is 18.2 Å². The lowest BCUT2D eigenvalue weighted by Gasteiger charge is -2.34. The molecular weight excluding hydrogens is 282 g/mol. The smallest absolute Gasteiger partial charge is 0.231 e. The lowest BCUT2D eigenvalue weighted by molar-refractivity contribution is -0.123. The number of aliphatic hydroxyl groups excluding tert-OH is 1. The highest BCUT2D eigenvalue weighted by Gasteiger charge is 2.40. The molecule has 1 saturated carbocycles. The maximum Gasteiger partial charge on any atom is 0.231 e.